The van der Waals surface area contributed by atoms with Gasteiger partial charge in [0, 0.05) is 23.6 Å². The van der Waals surface area contributed by atoms with Crippen molar-refractivity contribution in [3.05, 3.63) is 58.8 Å². The third-order valence-corrected chi connectivity index (χ3v) is 8.01. The topological polar surface area (TPSA) is 37.6 Å². The summed E-state index contributed by atoms with van der Waals surface area (Å²) in [5.41, 5.74) is 3.39. The molecule has 2 saturated carbocycles. The van der Waals surface area contributed by atoms with Gasteiger partial charge in [0.1, 0.15) is 0 Å². The van der Waals surface area contributed by atoms with Gasteiger partial charge < -0.3 is 4.57 Å². The molecule has 1 saturated heterocycles. The smallest absolute Gasteiger partial charge is 0.267 e. The van der Waals surface area contributed by atoms with E-state index in [1.807, 2.05) is 6.07 Å². The second-order valence-electron chi connectivity index (χ2n) is 9.42. The summed E-state index contributed by atoms with van der Waals surface area (Å²) in [6, 6.07) is 13.3. The van der Waals surface area contributed by atoms with Crippen molar-refractivity contribution < 1.29 is 4.79 Å². The average Bonchev–Trinajstić information content (AvgIpc) is 3.40. The molecule has 1 aromatic carbocycles. The third-order valence-electron chi connectivity index (χ3n) is 7.02. The molecule has 2 aromatic rings. The third kappa shape index (κ3) is 4.59. The lowest BCUT2D eigenvalue weighted by molar-refractivity contribution is -0.124. The van der Waals surface area contributed by atoms with E-state index in [0.29, 0.717) is 12.1 Å². The van der Waals surface area contributed by atoms with E-state index >= 15 is 0 Å². The van der Waals surface area contributed by atoms with Gasteiger partial charge in [-0.05, 0) is 74.7 Å². The molecular formula is C27H33N3OS. The Hall–Kier alpha value is -2.27. The summed E-state index contributed by atoms with van der Waals surface area (Å²) in [4.78, 5) is 21.6. The van der Waals surface area contributed by atoms with Gasteiger partial charge in [0.2, 0.25) is 0 Å². The van der Waals surface area contributed by atoms with Gasteiger partial charge in [0.25, 0.3) is 5.91 Å². The number of amidine groups is 1. The van der Waals surface area contributed by atoms with Gasteiger partial charge in [-0.3, -0.25) is 14.7 Å². The molecule has 1 amide bonds. The van der Waals surface area contributed by atoms with Crippen molar-refractivity contribution in [1.29, 1.82) is 0 Å². The van der Waals surface area contributed by atoms with Gasteiger partial charge in [0.05, 0.1) is 10.9 Å². The first-order chi connectivity index (χ1) is 15.7. The number of hydrogen-bond donors (Lipinski definition) is 0. The van der Waals surface area contributed by atoms with Crippen molar-refractivity contribution in [2.24, 2.45) is 4.99 Å². The van der Waals surface area contributed by atoms with Gasteiger partial charge in [0.15, 0.2) is 5.17 Å². The first-order valence-corrected chi connectivity index (χ1v) is 13.1. The van der Waals surface area contributed by atoms with Crippen LogP contribution in [0.4, 0.5) is 0 Å². The highest BCUT2D eigenvalue weighted by Gasteiger charge is 2.39. The first kappa shape index (κ1) is 21.6. The Morgan fingerprint density at radius 2 is 1.62 bits per heavy atom. The average molecular weight is 448 g/mol. The number of thioether (sulfide) groups is 1. The molecule has 0 spiro atoms. The Kier molecular flexibility index (Phi) is 6.54. The van der Waals surface area contributed by atoms with Crippen LogP contribution in [0.3, 0.4) is 0 Å². The number of carbonyl (C=O) groups is 1. The van der Waals surface area contributed by atoms with Crippen molar-refractivity contribution >= 4 is 28.9 Å². The van der Waals surface area contributed by atoms with Crippen LogP contribution in [0.15, 0.2) is 52.5 Å². The quantitative estimate of drug-likeness (QED) is 0.488. The lowest BCUT2D eigenvalue weighted by Gasteiger charge is -2.31. The van der Waals surface area contributed by atoms with Crippen LogP contribution in [0.5, 0.6) is 0 Å². The fourth-order valence-corrected chi connectivity index (χ4v) is 6.28. The Morgan fingerprint density at radius 3 is 2.34 bits per heavy atom. The van der Waals surface area contributed by atoms with E-state index in [0.717, 1.165) is 47.1 Å². The number of carbonyl (C=O) groups excluding carboxylic acids is 1. The number of amides is 1. The fraction of sp³-hybridized carbons (Fsp3) is 0.481. The molecule has 5 heteroatoms. The number of aryl methyl sites for hydroxylation is 1. The fourth-order valence-electron chi connectivity index (χ4n) is 5.19. The summed E-state index contributed by atoms with van der Waals surface area (Å²) in [6.45, 7) is 2.10. The van der Waals surface area contributed by atoms with Crippen LogP contribution in [0, 0.1) is 6.92 Å². The second-order valence-corrected chi connectivity index (χ2v) is 10.4. The standard InChI is InChI=1S/C27H33N3OS/c1-20-14-16-22(17-15-20)29-18-8-13-24(29)19-25-26(31)30(23-11-6-3-7-12-23)27(32-25)28-21-9-4-2-5-10-21/h8,13-19,21,23H,2-7,9-12H2,1H3. The molecule has 32 heavy (non-hydrogen) atoms. The predicted molar refractivity (Wildman–Crippen MR) is 134 cm³/mol. The maximum Gasteiger partial charge on any atom is 0.267 e. The van der Waals surface area contributed by atoms with Crippen molar-refractivity contribution in [3.8, 4) is 5.69 Å². The Bertz CT molecular complexity index is 1010. The highest BCUT2D eigenvalue weighted by molar-refractivity contribution is 8.18. The van der Waals surface area contributed by atoms with Crippen LogP contribution in [-0.2, 0) is 4.79 Å². The normalized spacial score (nSPS) is 23.5. The molecule has 3 fully saturated rings. The Balaban J connectivity index is 1.46. The van der Waals surface area contributed by atoms with E-state index in [1.165, 1.54) is 44.1 Å². The minimum atomic E-state index is 0.146. The van der Waals surface area contributed by atoms with Crippen LogP contribution in [0.2, 0.25) is 0 Å². The first-order valence-electron chi connectivity index (χ1n) is 12.2. The summed E-state index contributed by atoms with van der Waals surface area (Å²) in [7, 11) is 0. The van der Waals surface area contributed by atoms with Crippen LogP contribution >= 0.6 is 11.8 Å². The molecule has 0 unspecified atom stereocenters. The monoisotopic (exact) mass is 447 g/mol. The number of benzene rings is 1. The summed E-state index contributed by atoms with van der Waals surface area (Å²) in [5, 5.41) is 0.952. The molecule has 5 rings (SSSR count). The molecule has 0 atom stereocenters. The number of rotatable bonds is 4. The molecule has 4 nitrogen and oxygen atoms in total. The molecule has 3 aliphatic rings. The van der Waals surface area contributed by atoms with E-state index in [9.17, 15) is 4.79 Å². The van der Waals surface area contributed by atoms with Crippen molar-refractivity contribution in [2.45, 2.75) is 83.2 Å². The largest absolute Gasteiger partial charge is 0.317 e. The molecule has 0 N–H and O–H groups in total. The highest BCUT2D eigenvalue weighted by Crippen LogP contribution is 2.38. The zero-order valence-electron chi connectivity index (χ0n) is 19.0. The summed E-state index contributed by atoms with van der Waals surface area (Å²) in [6.07, 6.45) is 16.2. The highest BCUT2D eigenvalue weighted by atomic mass is 32.2. The SMILES string of the molecule is Cc1ccc(-n2cccc2C=C2SC(=NC3CCCCC3)N(C3CCCCC3)C2=O)cc1. The molecule has 2 heterocycles. The van der Waals surface area contributed by atoms with E-state index < -0.39 is 0 Å². The van der Waals surface area contributed by atoms with Gasteiger partial charge in [-0.2, -0.15) is 0 Å². The van der Waals surface area contributed by atoms with Crippen LogP contribution in [0.25, 0.3) is 11.8 Å². The van der Waals surface area contributed by atoms with Gasteiger partial charge >= 0.3 is 0 Å². The molecule has 1 aromatic heterocycles. The Labute approximate surface area is 195 Å². The van der Waals surface area contributed by atoms with Crippen molar-refractivity contribution in [2.75, 3.05) is 0 Å². The van der Waals surface area contributed by atoms with Crippen LogP contribution in [0.1, 0.15) is 75.5 Å². The Morgan fingerprint density at radius 1 is 0.938 bits per heavy atom. The van der Waals surface area contributed by atoms with E-state index in [1.54, 1.807) is 11.8 Å². The maximum atomic E-state index is 13.6. The number of nitrogens with zero attached hydrogens (tertiary/aromatic N) is 3. The molecule has 2 aliphatic carbocycles. The van der Waals surface area contributed by atoms with Crippen LogP contribution < -0.4 is 0 Å². The zero-order valence-corrected chi connectivity index (χ0v) is 19.8. The molecule has 168 valence electrons. The summed E-state index contributed by atoms with van der Waals surface area (Å²) < 4.78 is 2.15. The second kappa shape index (κ2) is 9.70. The molecule has 0 bridgehead atoms. The van der Waals surface area contributed by atoms with Crippen LogP contribution in [-0.4, -0.2) is 32.6 Å². The number of aliphatic imine (C=N–C) groups is 1. The lowest BCUT2D eigenvalue weighted by Crippen LogP contribution is -2.41. The number of hydrogen-bond acceptors (Lipinski definition) is 3. The van der Waals surface area contributed by atoms with Crippen molar-refractivity contribution in [3.63, 3.8) is 0 Å². The molecule has 1 aliphatic heterocycles. The number of aromatic nitrogens is 1. The summed E-state index contributed by atoms with van der Waals surface area (Å²) >= 11 is 1.59. The predicted octanol–water partition coefficient (Wildman–Crippen LogP) is 6.72. The maximum absolute atomic E-state index is 13.6. The van der Waals surface area contributed by atoms with E-state index in [4.69, 9.17) is 4.99 Å². The van der Waals surface area contributed by atoms with Gasteiger partial charge in [-0.25, -0.2) is 0 Å². The van der Waals surface area contributed by atoms with E-state index in [2.05, 4.69) is 59.0 Å². The van der Waals surface area contributed by atoms with Gasteiger partial charge in [-0.1, -0.05) is 56.2 Å². The lowest BCUT2D eigenvalue weighted by atomic mass is 9.94. The van der Waals surface area contributed by atoms with Crippen molar-refractivity contribution in [1.82, 2.24) is 9.47 Å². The molecule has 0 radical (unpaired) electrons. The summed E-state index contributed by atoms with van der Waals surface area (Å²) in [5.74, 6) is 0.146. The minimum Gasteiger partial charge on any atom is -0.317 e. The minimum absolute atomic E-state index is 0.146. The molecular weight excluding hydrogens is 414 g/mol. The van der Waals surface area contributed by atoms with Gasteiger partial charge in [-0.15, -0.1) is 0 Å². The zero-order chi connectivity index (χ0) is 21.9. The van der Waals surface area contributed by atoms with E-state index in [-0.39, 0.29) is 5.91 Å².